The molecule has 1 aromatic rings. The summed E-state index contributed by atoms with van der Waals surface area (Å²) >= 11 is 12.2. The molecule has 3 nitrogen and oxygen atoms in total. The molecule has 1 aromatic carbocycles. The topological polar surface area (TPSA) is 52.2 Å². The molecule has 94 valence electrons. The van der Waals surface area contributed by atoms with E-state index in [2.05, 4.69) is 5.32 Å². The summed E-state index contributed by atoms with van der Waals surface area (Å²) in [6.45, 7) is 0. The van der Waals surface area contributed by atoms with E-state index in [1.165, 1.54) is 0 Å². The van der Waals surface area contributed by atoms with Crippen molar-refractivity contribution < 1.29 is 9.90 Å². The molecule has 1 aliphatic carbocycles. The largest absolute Gasteiger partial charge is 0.548 e. The van der Waals surface area contributed by atoms with Crippen LogP contribution in [0.25, 0.3) is 0 Å². The summed E-state index contributed by atoms with van der Waals surface area (Å²) in [5, 5.41) is 15.2. The van der Waals surface area contributed by atoms with Gasteiger partial charge in [0.25, 0.3) is 0 Å². The third-order valence-corrected chi connectivity index (χ3v) is 4.16. The lowest BCUT2D eigenvalue weighted by atomic mass is 9.79. The number of aliphatic carboxylic acids is 1. The quantitative estimate of drug-likeness (QED) is 0.804. The molecule has 0 amide bonds. The van der Waals surface area contributed by atoms with Gasteiger partial charge in [0.05, 0.1) is 12.0 Å². The summed E-state index contributed by atoms with van der Waals surface area (Å²) < 4.78 is 0. The van der Waals surface area contributed by atoms with Crippen LogP contribution in [-0.4, -0.2) is 12.0 Å². The molecule has 18 heavy (non-hydrogen) atoms. The molecule has 0 radical (unpaired) electrons. The van der Waals surface area contributed by atoms with Crippen molar-refractivity contribution in [1.82, 2.24) is 0 Å². The van der Waals surface area contributed by atoms with Gasteiger partial charge < -0.3 is 15.2 Å². The first-order valence-corrected chi connectivity index (χ1v) is 6.46. The molecule has 0 saturated carbocycles. The Labute approximate surface area is 114 Å². The number of allylic oxidation sites excluding steroid dienone is 2. The number of halogens is 2. The van der Waals surface area contributed by atoms with Gasteiger partial charge in [-0.05, 0) is 24.5 Å². The second kappa shape index (κ2) is 4.18. The second-order valence-corrected chi connectivity index (χ2v) is 5.49. The fourth-order valence-corrected chi connectivity index (χ4v) is 3.50. The lowest BCUT2D eigenvalue weighted by molar-refractivity contribution is -0.308. The van der Waals surface area contributed by atoms with Crippen molar-refractivity contribution >= 4 is 34.9 Å². The number of benzene rings is 1. The van der Waals surface area contributed by atoms with Gasteiger partial charge in [0.1, 0.15) is 0 Å². The number of hydrogen-bond donors (Lipinski definition) is 1. The summed E-state index contributed by atoms with van der Waals surface area (Å²) in [4.78, 5) is 11.2. The van der Waals surface area contributed by atoms with E-state index >= 15 is 0 Å². The molecule has 5 heteroatoms. The standard InChI is InChI=1S/C13H11Cl2NO2/c14-6-4-9(15)11-7-2-1-3-8(7)12(13(17)18)16-10(11)5-6/h1-2,4-5,7-8,12,16H,3H2,(H,17,18)/p-1/t7-,8-,12-/m0/s1. The van der Waals surface area contributed by atoms with Gasteiger partial charge in [-0.25, -0.2) is 0 Å². The molecule has 0 bridgehead atoms. The van der Waals surface area contributed by atoms with Gasteiger partial charge in [-0.3, -0.25) is 0 Å². The number of hydrogen-bond acceptors (Lipinski definition) is 3. The summed E-state index contributed by atoms with van der Waals surface area (Å²) in [6, 6.07) is 2.69. The first-order chi connectivity index (χ1) is 8.58. The monoisotopic (exact) mass is 282 g/mol. The molecule has 0 spiro atoms. The highest BCUT2D eigenvalue weighted by atomic mass is 35.5. The van der Waals surface area contributed by atoms with Crippen LogP contribution in [-0.2, 0) is 4.79 Å². The Kier molecular flexibility index (Phi) is 2.76. The molecule has 0 saturated heterocycles. The Morgan fingerprint density at radius 3 is 2.89 bits per heavy atom. The number of carboxylic acids is 1. The minimum atomic E-state index is -1.09. The first-order valence-electron chi connectivity index (χ1n) is 5.71. The minimum absolute atomic E-state index is 0.0221. The van der Waals surface area contributed by atoms with E-state index in [1.807, 2.05) is 12.2 Å². The number of nitrogens with one attached hydrogen (secondary N) is 1. The highest BCUT2D eigenvalue weighted by molar-refractivity contribution is 6.35. The number of fused-ring (bicyclic) bond motifs is 3. The van der Waals surface area contributed by atoms with Crippen molar-refractivity contribution in [2.45, 2.75) is 18.4 Å². The van der Waals surface area contributed by atoms with Gasteiger partial charge >= 0.3 is 0 Å². The van der Waals surface area contributed by atoms with Crippen molar-refractivity contribution in [1.29, 1.82) is 0 Å². The zero-order chi connectivity index (χ0) is 12.9. The smallest absolute Gasteiger partial charge is 0.0698 e. The van der Waals surface area contributed by atoms with Crippen molar-refractivity contribution in [2.24, 2.45) is 5.92 Å². The van der Waals surface area contributed by atoms with E-state index < -0.39 is 12.0 Å². The number of anilines is 1. The maximum Gasteiger partial charge on any atom is 0.0698 e. The highest BCUT2D eigenvalue weighted by Gasteiger charge is 2.38. The summed E-state index contributed by atoms with van der Waals surface area (Å²) in [5.74, 6) is -1.11. The van der Waals surface area contributed by atoms with Crippen LogP contribution < -0.4 is 10.4 Å². The van der Waals surface area contributed by atoms with Crippen molar-refractivity contribution in [3.8, 4) is 0 Å². The average Bonchev–Trinajstić information content (AvgIpc) is 2.75. The maximum absolute atomic E-state index is 11.2. The third-order valence-electron chi connectivity index (χ3n) is 3.63. The zero-order valence-electron chi connectivity index (χ0n) is 9.32. The number of rotatable bonds is 1. The summed E-state index contributed by atoms with van der Waals surface area (Å²) in [5.41, 5.74) is 1.62. The average molecular weight is 283 g/mol. The van der Waals surface area contributed by atoms with Crippen LogP contribution in [0.1, 0.15) is 17.9 Å². The molecular formula is C13H10Cl2NO2-. The van der Waals surface area contributed by atoms with Crippen LogP contribution in [0, 0.1) is 5.92 Å². The van der Waals surface area contributed by atoms with E-state index in [0.717, 1.165) is 5.56 Å². The second-order valence-electron chi connectivity index (χ2n) is 4.64. The van der Waals surface area contributed by atoms with Crippen molar-refractivity contribution in [3.63, 3.8) is 0 Å². The van der Waals surface area contributed by atoms with Crippen LogP contribution in [0.4, 0.5) is 5.69 Å². The van der Waals surface area contributed by atoms with E-state index in [9.17, 15) is 9.90 Å². The number of carbonyl (C=O) groups excluding carboxylic acids is 1. The number of carbonyl (C=O) groups is 1. The predicted octanol–water partition coefficient (Wildman–Crippen LogP) is 2.20. The fourth-order valence-electron chi connectivity index (χ4n) is 2.88. The highest BCUT2D eigenvalue weighted by Crippen LogP contribution is 2.48. The Hall–Kier alpha value is -1.19. The lowest BCUT2D eigenvalue weighted by Gasteiger charge is -2.38. The molecule has 1 N–H and O–H groups in total. The van der Waals surface area contributed by atoms with Gasteiger partial charge in [0, 0.05) is 27.2 Å². The van der Waals surface area contributed by atoms with Crippen LogP contribution in [0.15, 0.2) is 24.3 Å². The molecule has 0 unspecified atom stereocenters. The molecule has 0 aromatic heterocycles. The lowest BCUT2D eigenvalue weighted by Crippen LogP contribution is -2.48. The minimum Gasteiger partial charge on any atom is -0.548 e. The van der Waals surface area contributed by atoms with Gasteiger partial charge in [-0.15, -0.1) is 0 Å². The van der Waals surface area contributed by atoms with Crippen LogP contribution in [0.3, 0.4) is 0 Å². The van der Waals surface area contributed by atoms with Gasteiger partial charge in [-0.2, -0.15) is 0 Å². The molecular weight excluding hydrogens is 273 g/mol. The third kappa shape index (κ3) is 1.70. The fraction of sp³-hybridized carbons (Fsp3) is 0.308. The van der Waals surface area contributed by atoms with Crippen molar-refractivity contribution in [3.05, 3.63) is 39.9 Å². The van der Waals surface area contributed by atoms with Crippen LogP contribution in [0.5, 0.6) is 0 Å². The first kappa shape index (κ1) is 11.9. The van der Waals surface area contributed by atoms with E-state index in [-0.39, 0.29) is 11.8 Å². The van der Waals surface area contributed by atoms with Gasteiger partial charge in [0.2, 0.25) is 0 Å². The molecule has 3 rings (SSSR count). The molecule has 0 fully saturated rings. The normalized spacial score (nSPS) is 28.4. The van der Waals surface area contributed by atoms with Crippen LogP contribution >= 0.6 is 23.2 Å². The Morgan fingerprint density at radius 2 is 2.17 bits per heavy atom. The zero-order valence-corrected chi connectivity index (χ0v) is 10.8. The Bertz CT molecular complexity index is 556. The molecule has 1 aliphatic heterocycles. The van der Waals surface area contributed by atoms with Crippen LogP contribution in [0.2, 0.25) is 10.0 Å². The van der Waals surface area contributed by atoms with E-state index in [0.29, 0.717) is 22.2 Å². The molecule has 2 aliphatic rings. The van der Waals surface area contributed by atoms with Crippen molar-refractivity contribution in [2.75, 3.05) is 5.32 Å². The predicted molar refractivity (Wildman–Crippen MR) is 68.9 cm³/mol. The van der Waals surface area contributed by atoms with E-state index in [1.54, 1.807) is 12.1 Å². The summed E-state index contributed by atoms with van der Waals surface area (Å²) in [7, 11) is 0. The Morgan fingerprint density at radius 1 is 1.39 bits per heavy atom. The SMILES string of the molecule is O=C([O-])[C@H]1Nc2cc(Cl)cc(Cl)c2[C@H]2C=CC[C@H]12. The molecule has 3 atom stereocenters. The Balaban J connectivity index is 2.14. The summed E-state index contributed by atoms with van der Waals surface area (Å²) in [6.07, 6.45) is 4.72. The molecule has 1 heterocycles. The van der Waals surface area contributed by atoms with Gasteiger partial charge in [-0.1, -0.05) is 35.4 Å². The van der Waals surface area contributed by atoms with Gasteiger partial charge in [0.15, 0.2) is 0 Å². The maximum atomic E-state index is 11.2. The number of carboxylic acid groups (broad SMARTS) is 1. The van der Waals surface area contributed by atoms with E-state index in [4.69, 9.17) is 23.2 Å².